The number of pyridine rings is 1. The summed E-state index contributed by atoms with van der Waals surface area (Å²) in [7, 11) is 0. The second-order valence-corrected chi connectivity index (χ2v) is 7.08. The highest BCUT2D eigenvalue weighted by Crippen LogP contribution is 2.37. The third kappa shape index (κ3) is 3.37. The SMILES string of the molecule is Cc1cc(C2=NN(C(=O)c3ccncc3)C(c3ccccc3Cl)C2)ccc1O. The first kappa shape index (κ1) is 18.2. The number of hydrazone groups is 1. The van der Waals surface area contributed by atoms with Gasteiger partial charge in [0.2, 0.25) is 0 Å². The number of aromatic nitrogens is 1. The molecule has 28 heavy (non-hydrogen) atoms. The molecule has 0 saturated carbocycles. The van der Waals surface area contributed by atoms with Crippen LogP contribution >= 0.6 is 11.6 Å². The Morgan fingerprint density at radius 1 is 1.14 bits per heavy atom. The average molecular weight is 392 g/mol. The van der Waals surface area contributed by atoms with E-state index in [1.54, 1.807) is 30.6 Å². The maximum atomic E-state index is 13.1. The monoisotopic (exact) mass is 391 g/mol. The number of phenols is 1. The van der Waals surface area contributed by atoms with Crippen molar-refractivity contribution >= 4 is 23.2 Å². The Balaban J connectivity index is 1.77. The number of phenolic OH excluding ortho intramolecular Hbond substituents is 1. The summed E-state index contributed by atoms with van der Waals surface area (Å²) in [6.07, 6.45) is 3.70. The van der Waals surface area contributed by atoms with Crippen molar-refractivity contribution in [2.75, 3.05) is 0 Å². The molecule has 2 aromatic carbocycles. The number of halogens is 1. The van der Waals surface area contributed by atoms with E-state index < -0.39 is 0 Å². The molecule has 1 aliphatic heterocycles. The second-order valence-electron chi connectivity index (χ2n) is 6.68. The number of hydrogen-bond donors (Lipinski definition) is 1. The molecular weight excluding hydrogens is 374 g/mol. The highest BCUT2D eigenvalue weighted by molar-refractivity contribution is 6.31. The lowest BCUT2D eigenvalue weighted by Gasteiger charge is -2.22. The number of carbonyl (C=O) groups is 1. The average Bonchev–Trinajstić information content (AvgIpc) is 3.15. The summed E-state index contributed by atoms with van der Waals surface area (Å²) >= 11 is 6.43. The minimum atomic E-state index is -0.307. The molecule has 1 atom stereocenters. The summed E-state index contributed by atoms with van der Waals surface area (Å²) in [5.74, 6) is 0.0209. The quantitative estimate of drug-likeness (QED) is 0.701. The summed E-state index contributed by atoms with van der Waals surface area (Å²) in [5.41, 5.74) is 3.76. The lowest BCUT2D eigenvalue weighted by molar-refractivity contribution is 0.0711. The number of nitrogens with zero attached hydrogens (tertiary/aromatic N) is 3. The Hall–Kier alpha value is -3.18. The summed E-state index contributed by atoms with van der Waals surface area (Å²) in [6, 6.07) is 15.9. The van der Waals surface area contributed by atoms with Crippen molar-refractivity contribution in [3.05, 3.63) is 94.3 Å². The molecule has 1 unspecified atom stereocenters. The molecule has 6 heteroatoms. The van der Waals surface area contributed by atoms with Crippen LogP contribution in [0.5, 0.6) is 5.75 Å². The molecule has 1 aliphatic rings. The first-order valence-corrected chi connectivity index (χ1v) is 9.28. The van der Waals surface area contributed by atoms with Crippen molar-refractivity contribution in [3.8, 4) is 5.75 Å². The fourth-order valence-electron chi connectivity index (χ4n) is 3.32. The van der Waals surface area contributed by atoms with Gasteiger partial charge < -0.3 is 5.11 Å². The standard InChI is InChI=1S/C22H18ClN3O2/c1-14-12-16(6-7-21(14)27)19-13-20(17-4-2-3-5-18(17)23)26(25-19)22(28)15-8-10-24-11-9-15/h2-12,20,27H,13H2,1H3. The Labute approximate surface area is 167 Å². The Morgan fingerprint density at radius 2 is 1.89 bits per heavy atom. The Bertz CT molecular complexity index is 1070. The lowest BCUT2D eigenvalue weighted by atomic mass is 9.97. The molecule has 3 aromatic rings. The van der Waals surface area contributed by atoms with E-state index in [1.807, 2.05) is 43.3 Å². The third-order valence-corrected chi connectivity index (χ3v) is 5.18. The zero-order chi connectivity index (χ0) is 19.7. The number of amides is 1. The molecule has 2 heterocycles. The number of carbonyl (C=O) groups excluding carboxylic acids is 1. The van der Waals surface area contributed by atoms with Crippen molar-refractivity contribution in [2.45, 2.75) is 19.4 Å². The van der Waals surface area contributed by atoms with Gasteiger partial charge in [-0.1, -0.05) is 29.8 Å². The summed E-state index contributed by atoms with van der Waals surface area (Å²) in [5, 5.41) is 16.5. The fourth-order valence-corrected chi connectivity index (χ4v) is 3.58. The first-order chi connectivity index (χ1) is 13.5. The van der Waals surface area contributed by atoms with Crippen molar-refractivity contribution in [3.63, 3.8) is 0 Å². The van der Waals surface area contributed by atoms with E-state index in [-0.39, 0.29) is 17.7 Å². The molecule has 1 aromatic heterocycles. The minimum absolute atomic E-state index is 0.210. The maximum absolute atomic E-state index is 13.1. The van der Waals surface area contributed by atoms with Crippen molar-refractivity contribution in [1.29, 1.82) is 0 Å². The molecule has 0 fully saturated rings. The second kappa shape index (κ2) is 7.44. The van der Waals surface area contributed by atoms with E-state index in [1.165, 1.54) is 5.01 Å². The maximum Gasteiger partial charge on any atom is 0.274 e. The number of rotatable bonds is 3. The molecule has 1 N–H and O–H groups in total. The van der Waals surface area contributed by atoms with Gasteiger partial charge in [-0.05, 0) is 60.0 Å². The predicted molar refractivity (Wildman–Crippen MR) is 109 cm³/mol. The number of hydrogen-bond acceptors (Lipinski definition) is 4. The van der Waals surface area contributed by atoms with Gasteiger partial charge in [-0.15, -0.1) is 0 Å². The van der Waals surface area contributed by atoms with Crippen molar-refractivity contribution < 1.29 is 9.90 Å². The van der Waals surface area contributed by atoms with Gasteiger partial charge in [-0.25, -0.2) is 5.01 Å². The summed E-state index contributed by atoms with van der Waals surface area (Å²) in [6.45, 7) is 1.83. The van der Waals surface area contributed by atoms with Gasteiger partial charge >= 0.3 is 0 Å². The highest BCUT2D eigenvalue weighted by atomic mass is 35.5. The zero-order valence-electron chi connectivity index (χ0n) is 15.2. The van der Waals surface area contributed by atoms with E-state index in [4.69, 9.17) is 11.6 Å². The van der Waals surface area contributed by atoms with Crippen LogP contribution in [-0.2, 0) is 0 Å². The van der Waals surface area contributed by atoms with Gasteiger partial charge in [0.15, 0.2) is 0 Å². The Morgan fingerprint density at radius 3 is 2.61 bits per heavy atom. The van der Waals surface area contributed by atoms with Crippen LogP contribution in [0.15, 0.2) is 72.1 Å². The number of benzene rings is 2. The molecule has 0 spiro atoms. The number of aromatic hydroxyl groups is 1. The lowest BCUT2D eigenvalue weighted by Crippen LogP contribution is -2.27. The molecule has 0 radical (unpaired) electrons. The van der Waals surface area contributed by atoms with E-state index in [9.17, 15) is 9.90 Å². The van der Waals surface area contributed by atoms with Gasteiger partial charge in [0.1, 0.15) is 5.75 Å². The van der Waals surface area contributed by atoms with Crippen LogP contribution in [0, 0.1) is 6.92 Å². The van der Waals surface area contributed by atoms with E-state index in [0.29, 0.717) is 17.0 Å². The van der Waals surface area contributed by atoms with Crippen LogP contribution in [0.2, 0.25) is 5.02 Å². The zero-order valence-corrected chi connectivity index (χ0v) is 16.0. The van der Waals surface area contributed by atoms with Crippen LogP contribution in [0.1, 0.15) is 39.5 Å². The molecule has 5 nitrogen and oxygen atoms in total. The van der Waals surface area contributed by atoms with E-state index in [0.717, 1.165) is 22.4 Å². The topological polar surface area (TPSA) is 65.8 Å². The van der Waals surface area contributed by atoms with Crippen LogP contribution in [0.25, 0.3) is 0 Å². The molecule has 140 valence electrons. The third-order valence-electron chi connectivity index (χ3n) is 4.84. The van der Waals surface area contributed by atoms with Gasteiger partial charge in [-0.3, -0.25) is 9.78 Å². The van der Waals surface area contributed by atoms with Crippen LogP contribution in [-0.4, -0.2) is 26.7 Å². The van der Waals surface area contributed by atoms with Gasteiger partial charge in [-0.2, -0.15) is 5.10 Å². The van der Waals surface area contributed by atoms with Crippen LogP contribution < -0.4 is 0 Å². The van der Waals surface area contributed by atoms with Gasteiger partial charge in [0, 0.05) is 29.4 Å². The molecule has 1 amide bonds. The largest absolute Gasteiger partial charge is 0.508 e. The van der Waals surface area contributed by atoms with Crippen molar-refractivity contribution in [2.24, 2.45) is 5.10 Å². The molecule has 0 aliphatic carbocycles. The normalized spacial score (nSPS) is 16.1. The molecule has 0 bridgehead atoms. The fraction of sp³-hybridized carbons (Fsp3) is 0.136. The minimum Gasteiger partial charge on any atom is -0.508 e. The summed E-state index contributed by atoms with van der Waals surface area (Å²) < 4.78 is 0. The number of aryl methyl sites for hydroxylation is 1. The molecule has 4 rings (SSSR count). The van der Waals surface area contributed by atoms with Crippen LogP contribution in [0.4, 0.5) is 0 Å². The smallest absolute Gasteiger partial charge is 0.274 e. The van der Waals surface area contributed by atoms with Crippen LogP contribution in [0.3, 0.4) is 0 Å². The van der Waals surface area contributed by atoms with E-state index in [2.05, 4.69) is 10.1 Å². The highest BCUT2D eigenvalue weighted by Gasteiger charge is 2.34. The summed E-state index contributed by atoms with van der Waals surface area (Å²) in [4.78, 5) is 17.1. The van der Waals surface area contributed by atoms with E-state index >= 15 is 0 Å². The molecule has 0 saturated heterocycles. The van der Waals surface area contributed by atoms with Crippen molar-refractivity contribution in [1.82, 2.24) is 9.99 Å². The predicted octanol–water partition coefficient (Wildman–Crippen LogP) is 4.74. The first-order valence-electron chi connectivity index (χ1n) is 8.90. The van der Waals surface area contributed by atoms with Gasteiger partial charge in [0.25, 0.3) is 5.91 Å². The molecular formula is C22H18ClN3O2. The van der Waals surface area contributed by atoms with Gasteiger partial charge in [0.05, 0.1) is 11.8 Å². The Kier molecular flexibility index (Phi) is 4.84.